The summed E-state index contributed by atoms with van der Waals surface area (Å²) in [4.78, 5) is 13.0. The summed E-state index contributed by atoms with van der Waals surface area (Å²) >= 11 is 5.86. The van der Waals surface area contributed by atoms with Crippen LogP contribution in [-0.2, 0) is 11.3 Å². The van der Waals surface area contributed by atoms with E-state index in [1.165, 1.54) is 18.2 Å². The van der Waals surface area contributed by atoms with Crippen molar-refractivity contribution in [3.8, 4) is 11.4 Å². The molecule has 7 nitrogen and oxygen atoms in total. The van der Waals surface area contributed by atoms with Gasteiger partial charge in [-0.15, -0.1) is 10.2 Å². The number of aromatic nitrogens is 4. The Kier molecular flexibility index (Phi) is 5.10. The fourth-order valence-electron chi connectivity index (χ4n) is 1.98. The molecule has 0 aliphatic heterocycles. The highest BCUT2D eigenvalue weighted by molar-refractivity contribution is 6.33. The van der Waals surface area contributed by atoms with Crippen molar-refractivity contribution < 1.29 is 9.18 Å². The molecule has 0 fully saturated rings. The number of rotatable bonds is 5. The third kappa shape index (κ3) is 4.24. The van der Waals surface area contributed by atoms with Crippen LogP contribution < -0.4 is 5.43 Å². The average molecular weight is 359 g/mol. The first-order valence-corrected chi connectivity index (χ1v) is 7.60. The summed E-state index contributed by atoms with van der Waals surface area (Å²) < 4.78 is 13.6. The van der Waals surface area contributed by atoms with E-state index in [1.54, 1.807) is 0 Å². The first-order chi connectivity index (χ1) is 12.1. The maximum Gasteiger partial charge on any atom is 0.263 e. The Morgan fingerprint density at radius 3 is 2.80 bits per heavy atom. The second kappa shape index (κ2) is 7.63. The van der Waals surface area contributed by atoms with Gasteiger partial charge in [-0.2, -0.15) is 9.90 Å². The van der Waals surface area contributed by atoms with Crippen LogP contribution in [0.15, 0.2) is 53.6 Å². The molecule has 0 aliphatic rings. The number of nitrogens with zero attached hydrogens (tertiary/aromatic N) is 5. The summed E-state index contributed by atoms with van der Waals surface area (Å²) in [7, 11) is 0. The molecule has 1 N–H and O–H groups in total. The largest absolute Gasteiger partial charge is 0.271 e. The van der Waals surface area contributed by atoms with Gasteiger partial charge in [0.15, 0.2) is 0 Å². The second-order valence-electron chi connectivity index (χ2n) is 4.94. The Bertz CT molecular complexity index is 892. The Morgan fingerprint density at radius 1 is 1.24 bits per heavy atom. The van der Waals surface area contributed by atoms with E-state index in [0.29, 0.717) is 5.82 Å². The van der Waals surface area contributed by atoms with Crippen LogP contribution in [0.25, 0.3) is 11.4 Å². The summed E-state index contributed by atoms with van der Waals surface area (Å²) in [6.45, 7) is -0.178. The molecular formula is C16H12ClFN6O. The van der Waals surface area contributed by atoms with E-state index in [-0.39, 0.29) is 17.1 Å². The molecule has 126 valence electrons. The summed E-state index contributed by atoms with van der Waals surface area (Å²) in [6.07, 6.45) is 1.14. The number of tetrazole rings is 1. The average Bonchev–Trinajstić information content (AvgIpc) is 3.07. The van der Waals surface area contributed by atoms with Gasteiger partial charge < -0.3 is 0 Å². The van der Waals surface area contributed by atoms with Crippen LogP contribution in [0.1, 0.15) is 5.56 Å². The van der Waals surface area contributed by atoms with E-state index < -0.39 is 11.7 Å². The van der Waals surface area contributed by atoms with E-state index in [4.69, 9.17) is 11.6 Å². The van der Waals surface area contributed by atoms with Crippen LogP contribution in [0, 0.1) is 5.82 Å². The number of hydrogen-bond donors (Lipinski definition) is 1. The van der Waals surface area contributed by atoms with Gasteiger partial charge in [-0.1, -0.05) is 48.0 Å². The Morgan fingerprint density at radius 2 is 2.04 bits per heavy atom. The number of hydrogen-bond acceptors (Lipinski definition) is 5. The monoisotopic (exact) mass is 358 g/mol. The normalized spacial score (nSPS) is 11.0. The number of nitrogens with one attached hydrogen (secondary N) is 1. The van der Waals surface area contributed by atoms with Gasteiger partial charge in [0, 0.05) is 11.1 Å². The van der Waals surface area contributed by atoms with Gasteiger partial charge in [0.2, 0.25) is 5.82 Å². The summed E-state index contributed by atoms with van der Waals surface area (Å²) in [6, 6.07) is 13.5. The molecule has 0 aliphatic carbocycles. The highest BCUT2D eigenvalue weighted by atomic mass is 35.5. The van der Waals surface area contributed by atoms with Gasteiger partial charge in [0.05, 0.1) is 11.2 Å². The molecule has 9 heteroatoms. The van der Waals surface area contributed by atoms with E-state index in [0.717, 1.165) is 16.6 Å². The number of halogens is 2. The molecule has 0 spiro atoms. The van der Waals surface area contributed by atoms with Crippen molar-refractivity contribution in [2.24, 2.45) is 5.10 Å². The fourth-order valence-corrected chi connectivity index (χ4v) is 2.19. The minimum absolute atomic E-state index is 0.0923. The van der Waals surface area contributed by atoms with E-state index >= 15 is 0 Å². The molecule has 0 radical (unpaired) electrons. The predicted molar refractivity (Wildman–Crippen MR) is 90.4 cm³/mol. The van der Waals surface area contributed by atoms with Crippen molar-refractivity contribution in [2.45, 2.75) is 6.54 Å². The quantitative estimate of drug-likeness (QED) is 0.560. The summed E-state index contributed by atoms with van der Waals surface area (Å²) in [5.41, 5.74) is 3.14. The standard InChI is InChI=1S/C16H12ClFN6O/c17-13-7-4-8-14(18)12(13)9-19-20-15(25)10-24-22-16(21-23-24)11-5-2-1-3-6-11/h1-9H,10H2,(H,20,25). The van der Waals surface area contributed by atoms with E-state index in [1.807, 2.05) is 30.3 Å². The fraction of sp³-hybridized carbons (Fsp3) is 0.0625. The first kappa shape index (κ1) is 16.7. The zero-order valence-corrected chi connectivity index (χ0v) is 13.6. The van der Waals surface area contributed by atoms with Crippen LogP contribution >= 0.6 is 11.6 Å². The minimum atomic E-state index is -0.532. The van der Waals surface area contributed by atoms with Gasteiger partial charge in [-0.05, 0) is 17.3 Å². The molecular weight excluding hydrogens is 347 g/mol. The predicted octanol–water partition coefficient (Wildman–Crippen LogP) is 2.28. The third-order valence-electron chi connectivity index (χ3n) is 3.15. The van der Waals surface area contributed by atoms with Crippen LogP contribution in [0.5, 0.6) is 0 Å². The molecule has 1 aromatic heterocycles. The highest BCUT2D eigenvalue weighted by Crippen LogP contribution is 2.16. The van der Waals surface area contributed by atoms with Crippen LogP contribution in [0.3, 0.4) is 0 Å². The number of carbonyl (C=O) groups is 1. The maximum atomic E-state index is 13.6. The molecule has 3 aromatic rings. The summed E-state index contributed by atoms with van der Waals surface area (Å²) in [5.74, 6) is -0.605. The second-order valence-corrected chi connectivity index (χ2v) is 5.35. The molecule has 0 atom stereocenters. The van der Waals surface area contributed by atoms with Crippen LogP contribution in [0.2, 0.25) is 5.02 Å². The third-order valence-corrected chi connectivity index (χ3v) is 3.48. The van der Waals surface area contributed by atoms with Crippen LogP contribution in [-0.4, -0.2) is 32.3 Å². The molecule has 1 heterocycles. The maximum absolute atomic E-state index is 13.6. The summed E-state index contributed by atoms with van der Waals surface area (Å²) in [5, 5.41) is 15.7. The Balaban J connectivity index is 1.60. The van der Waals surface area contributed by atoms with E-state index in [9.17, 15) is 9.18 Å². The van der Waals surface area contributed by atoms with Crippen molar-refractivity contribution in [2.75, 3.05) is 0 Å². The molecule has 0 unspecified atom stereocenters. The van der Waals surface area contributed by atoms with Crippen molar-refractivity contribution in [3.63, 3.8) is 0 Å². The molecule has 3 rings (SSSR count). The minimum Gasteiger partial charge on any atom is -0.271 e. The van der Waals surface area contributed by atoms with Gasteiger partial charge in [0.25, 0.3) is 5.91 Å². The highest BCUT2D eigenvalue weighted by Gasteiger charge is 2.09. The first-order valence-electron chi connectivity index (χ1n) is 7.22. The number of hydrazone groups is 1. The topological polar surface area (TPSA) is 85.1 Å². The van der Waals surface area contributed by atoms with Gasteiger partial charge in [0.1, 0.15) is 12.4 Å². The zero-order valence-electron chi connectivity index (χ0n) is 12.8. The Labute approximate surface area is 147 Å². The molecule has 0 bridgehead atoms. The SMILES string of the molecule is O=C(Cn1nnc(-c2ccccc2)n1)NN=Cc1c(F)cccc1Cl. The number of carbonyl (C=O) groups excluding carboxylic acids is 1. The van der Waals surface area contributed by atoms with Crippen molar-refractivity contribution in [1.29, 1.82) is 0 Å². The van der Waals surface area contributed by atoms with Crippen molar-refractivity contribution in [3.05, 3.63) is 64.9 Å². The van der Waals surface area contributed by atoms with Gasteiger partial charge >= 0.3 is 0 Å². The molecule has 25 heavy (non-hydrogen) atoms. The Hall–Kier alpha value is -3.13. The molecule has 0 saturated carbocycles. The van der Waals surface area contributed by atoms with Crippen LogP contribution in [0.4, 0.5) is 4.39 Å². The van der Waals surface area contributed by atoms with Gasteiger partial charge in [-0.25, -0.2) is 9.82 Å². The lowest BCUT2D eigenvalue weighted by Gasteiger charge is -2.00. The smallest absolute Gasteiger partial charge is 0.263 e. The van der Waals surface area contributed by atoms with Crippen molar-refractivity contribution >= 4 is 23.7 Å². The van der Waals surface area contributed by atoms with Gasteiger partial charge in [-0.3, -0.25) is 4.79 Å². The van der Waals surface area contributed by atoms with E-state index in [2.05, 4.69) is 25.9 Å². The lowest BCUT2D eigenvalue weighted by Crippen LogP contribution is -2.24. The molecule has 0 saturated heterocycles. The lowest BCUT2D eigenvalue weighted by atomic mass is 10.2. The number of benzene rings is 2. The zero-order chi connectivity index (χ0) is 17.6. The van der Waals surface area contributed by atoms with Crippen molar-refractivity contribution in [1.82, 2.24) is 25.6 Å². The number of amides is 1. The molecule has 1 amide bonds. The lowest BCUT2D eigenvalue weighted by molar-refractivity contribution is -0.122. The molecule has 2 aromatic carbocycles.